The van der Waals surface area contributed by atoms with Gasteiger partial charge in [0.2, 0.25) is 0 Å². The fourth-order valence-corrected chi connectivity index (χ4v) is 2.77. The first-order chi connectivity index (χ1) is 8.81. The Morgan fingerprint density at radius 2 is 2.22 bits per heavy atom. The summed E-state index contributed by atoms with van der Waals surface area (Å²) in [5, 5.41) is 4.46. The average Bonchev–Trinajstić information content (AvgIpc) is 2.89. The van der Waals surface area contributed by atoms with Crippen molar-refractivity contribution < 1.29 is 0 Å². The quantitative estimate of drug-likeness (QED) is 0.834. The number of nitrogens with zero attached hydrogens (tertiary/aromatic N) is 1. The minimum atomic E-state index is 0.364. The topological polar surface area (TPSA) is 40.7 Å². The molecule has 0 amide bonds. The van der Waals surface area contributed by atoms with E-state index in [1.807, 2.05) is 6.20 Å². The summed E-state index contributed by atoms with van der Waals surface area (Å²) in [6, 6.07) is 8.85. The molecule has 0 bridgehead atoms. The van der Waals surface area contributed by atoms with Crippen molar-refractivity contribution in [3.63, 3.8) is 0 Å². The molecule has 0 saturated heterocycles. The number of aromatic nitrogens is 2. The van der Waals surface area contributed by atoms with Crippen molar-refractivity contribution in [1.82, 2.24) is 15.3 Å². The Kier molecular flexibility index (Phi) is 4.84. The summed E-state index contributed by atoms with van der Waals surface area (Å²) in [5.74, 6) is 0. The molecule has 0 spiro atoms. The monoisotopic (exact) mass is 261 g/mol. The molecule has 0 fully saturated rings. The Labute approximate surface area is 112 Å². The molecule has 2 aromatic rings. The number of rotatable bonds is 6. The summed E-state index contributed by atoms with van der Waals surface area (Å²) >= 11 is 1.68. The van der Waals surface area contributed by atoms with Crippen molar-refractivity contribution in [2.75, 3.05) is 6.54 Å². The first-order valence-electron chi connectivity index (χ1n) is 6.30. The van der Waals surface area contributed by atoms with Gasteiger partial charge >= 0.3 is 0 Å². The van der Waals surface area contributed by atoms with Gasteiger partial charge in [-0.15, -0.1) is 0 Å². The van der Waals surface area contributed by atoms with Crippen molar-refractivity contribution in [2.24, 2.45) is 0 Å². The van der Waals surface area contributed by atoms with Gasteiger partial charge in [0.15, 0.2) is 5.16 Å². The number of nitrogens with one attached hydrogen (secondary N) is 2. The number of H-pyrrole nitrogens is 1. The molecular formula is C14H19N3S. The van der Waals surface area contributed by atoms with Gasteiger partial charge in [-0.1, -0.05) is 36.9 Å². The van der Waals surface area contributed by atoms with Gasteiger partial charge in [-0.25, -0.2) is 4.98 Å². The van der Waals surface area contributed by atoms with Gasteiger partial charge in [0.05, 0.1) is 0 Å². The van der Waals surface area contributed by atoms with Gasteiger partial charge in [0.25, 0.3) is 0 Å². The van der Waals surface area contributed by atoms with Crippen molar-refractivity contribution in [3.05, 3.63) is 42.2 Å². The van der Waals surface area contributed by atoms with Crippen LogP contribution in [0.3, 0.4) is 0 Å². The number of hydrogen-bond acceptors (Lipinski definition) is 3. The van der Waals surface area contributed by atoms with Crippen LogP contribution in [0, 0.1) is 0 Å². The molecule has 18 heavy (non-hydrogen) atoms. The second-order valence-electron chi connectivity index (χ2n) is 4.21. The summed E-state index contributed by atoms with van der Waals surface area (Å²) < 4.78 is 0. The number of hydrogen-bond donors (Lipinski definition) is 2. The molecular weight excluding hydrogens is 242 g/mol. The highest BCUT2D eigenvalue weighted by atomic mass is 32.2. The Bertz CT molecular complexity index is 468. The molecule has 3 nitrogen and oxygen atoms in total. The molecule has 1 heterocycles. The van der Waals surface area contributed by atoms with Crippen LogP contribution in [0.5, 0.6) is 0 Å². The summed E-state index contributed by atoms with van der Waals surface area (Å²) in [5.41, 5.74) is 1.33. The molecule has 0 aliphatic heterocycles. The van der Waals surface area contributed by atoms with Gasteiger partial charge in [-0.05, 0) is 31.5 Å². The molecule has 0 saturated carbocycles. The summed E-state index contributed by atoms with van der Waals surface area (Å²) in [4.78, 5) is 8.64. The van der Waals surface area contributed by atoms with E-state index >= 15 is 0 Å². The molecule has 1 aromatic heterocycles. The van der Waals surface area contributed by atoms with Crippen molar-refractivity contribution in [2.45, 2.75) is 36.4 Å². The van der Waals surface area contributed by atoms with E-state index in [0.29, 0.717) is 6.04 Å². The normalized spacial score (nSPS) is 12.6. The van der Waals surface area contributed by atoms with E-state index < -0.39 is 0 Å². The highest BCUT2D eigenvalue weighted by Crippen LogP contribution is 2.31. The SMILES string of the molecule is CCCNC(C)c1ccccc1Sc1ncc[nH]1. The van der Waals surface area contributed by atoms with Gasteiger partial charge < -0.3 is 10.3 Å². The van der Waals surface area contributed by atoms with E-state index in [4.69, 9.17) is 0 Å². The molecule has 0 aliphatic rings. The third kappa shape index (κ3) is 3.37. The highest BCUT2D eigenvalue weighted by molar-refractivity contribution is 7.99. The molecule has 2 N–H and O–H groups in total. The van der Waals surface area contributed by atoms with Crippen LogP contribution in [0.1, 0.15) is 31.9 Å². The molecule has 2 rings (SSSR count). The van der Waals surface area contributed by atoms with E-state index in [9.17, 15) is 0 Å². The fraction of sp³-hybridized carbons (Fsp3) is 0.357. The van der Waals surface area contributed by atoms with Crippen molar-refractivity contribution >= 4 is 11.8 Å². The summed E-state index contributed by atoms with van der Waals surface area (Å²) in [6.45, 7) is 5.43. The lowest BCUT2D eigenvalue weighted by Crippen LogP contribution is -2.19. The second-order valence-corrected chi connectivity index (χ2v) is 5.24. The van der Waals surface area contributed by atoms with E-state index in [0.717, 1.165) is 18.1 Å². The molecule has 0 aliphatic carbocycles. The van der Waals surface area contributed by atoms with Crippen LogP contribution in [0.25, 0.3) is 0 Å². The van der Waals surface area contributed by atoms with Gasteiger partial charge in [-0.3, -0.25) is 0 Å². The maximum atomic E-state index is 4.26. The third-order valence-electron chi connectivity index (χ3n) is 2.77. The maximum Gasteiger partial charge on any atom is 0.170 e. The average molecular weight is 261 g/mol. The molecule has 1 atom stereocenters. The Hall–Kier alpha value is -1.26. The minimum absolute atomic E-state index is 0.364. The number of imidazole rings is 1. The summed E-state index contributed by atoms with van der Waals surface area (Å²) in [7, 11) is 0. The second kappa shape index (κ2) is 6.61. The predicted octanol–water partition coefficient (Wildman–Crippen LogP) is 3.62. The molecule has 1 unspecified atom stereocenters. The van der Waals surface area contributed by atoms with Gasteiger partial charge in [0, 0.05) is 23.3 Å². The molecule has 4 heteroatoms. The molecule has 1 aromatic carbocycles. The summed E-state index contributed by atoms with van der Waals surface area (Å²) in [6.07, 6.45) is 4.78. The lowest BCUT2D eigenvalue weighted by atomic mass is 10.1. The zero-order valence-corrected chi connectivity index (χ0v) is 11.6. The van der Waals surface area contributed by atoms with Crippen LogP contribution in [-0.2, 0) is 0 Å². The van der Waals surface area contributed by atoms with Crippen LogP contribution in [-0.4, -0.2) is 16.5 Å². The zero-order chi connectivity index (χ0) is 12.8. The minimum Gasteiger partial charge on any atom is -0.339 e. The van der Waals surface area contributed by atoms with Gasteiger partial charge in [0.1, 0.15) is 0 Å². The number of benzene rings is 1. The van der Waals surface area contributed by atoms with Gasteiger partial charge in [-0.2, -0.15) is 0 Å². The largest absolute Gasteiger partial charge is 0.339 e. The van der Waals surface area contributed by atoms with Crippen molar-refractivity contribution in [1.29, 1.82) is 0 Å². The standard InChI is InChI=1S/C14H19N3S/c1-3-8-15-11(2)12-6-4-5-7-13(12)18-14-16-9-10-17-14/h4-7,9-11,15H,3,8H2,1-2H3,(H,16,17). The van der Waals surface area contributed by atoms with E-state index in [1.54, 1.807) is 18.0 Å². The fourth-order valence-electron chi connectivity index (χ4n) is 1.81. The molecule has 96 valence electrons. The Morgan fingerprint density at radius 3 is 2.94 bits per heavy atom. The van der Waals surface area contributed by atoms with Crippen LogP contribution in [0.15, 0.2) is 46.7 Å². The molecule has 0 radical (unpaired) electrons. The highest BCUT2D eigenvalue weighted by Gasteiger charge is 2.11. The zero-order valence-electron chi connectivity index (χ0n) is 10.8. The Balaban J connectivity index is 2.14. The van der Waals surface area contributed by atoms with Crippen molar-refractivity contribution in [3.8, 4) is 0 Å². The third-order valence-corrected chi connectivity index (χ3v) is 3.77. The lowest BCUT2D eigenvalue weighted by Gasteiger charge is -2.16. The van der Waals surface area contributed by atoms with Crippen LogP contribution in [0.2, 0.25) is 0 Å². The van der Waals surface area contributed by atoms with E-state index in [1.165, 1.54) is 10.5 Å². The number of aromatic amines is 1. The smallest absolute Gasteiger partial charge is 0.170 e. The van der Waals surface area contributed by atoms with E-state index in [2.05, 4.69) is 53.4 Å². The predicted molar refractivity (Wildman–Crippen MR) is 75.9 cm³/mol. The first-order valence-corrected chi connectivity index (χ1v) is 7.12. The first kappa shape index (κ1) is 13.2. The Morgan fingerprint density at radius 1 is 1.39 bits per heavy atom. The van der Waals surface area contributed by atoms with Crippen LogP contribution >= 0.6 is 11.8 Å². The lowest BCUT2D eigenvalue weighted by molar-refractivity contribution is 0.564. The van der Waals surface area contributed by atoms with E-state index in [-0.39, 0.29) is 0 Å². The maximum absolute atomic E-state index is 4.26. The van der Waals surface area contributed by atoms with Crippen LogP contribution in [0.4, 0.5) is 0 Å². The van der Waals surface area contributed by atoms with Crippen LogP contribution < -0.4 is 5.32 Å².